The van der Waals surface area contributed by atoms with Crippen molar-refractivity contribution in [2.24, 2.45) is 0 Å². The molecule has 0 aliphatic carbocycles. The average molecular weight is 333 g/mol. The maximum Gasteiger partial charge on any atom is 0.258 e. The molecule has 0 aliphatic rings. The molecule has 0 bridgehead atoms. The number of halogens is 2. The Labute approximate surface area is 138 Å². The van der Waals surface area contributed by atoms with E-state index < -0.39 is 11.7 Å². The van der Waals surface area contributed by atoms with E-state index in [2.05, 4.69) is 5.32 Å². The lowest BCUT2D eigenvalue weighted by Crippen LogP contribution is -2.13. The Morgan fingerprint density at radius 3 is 2.91 bits per heavy atom. The summed E-state index contributed by atoms with van der Waals surface area (Å²) in [4.78, 5) is 12.1. The monoisotopic (exact) mass is 332 g/mol. The van der Waals surface area contributed by atoms with Crippen LogP contribution >= 0.6 is 11.6 Å². The minimum atomic E-state index is -0.643. The van der Waals surface area contributed by atoms with E-state index in [1.807, 2.05) is 6.07 Å². The molecular weight excluding hydrogens is 319 g/mol. The van der Waals surface area contributed by atoms with Crippen molar-refractivity contribution in [2.45, 2.75) is 12.8 Å². The van der Waals surface area contributed by atoms with E-state index in [1.54, 1.807) is 24.3 Å². The van der Waals surface area contributed by atoms with Gasteiger partial charge in [-0.25, -0.2) is 4.39 Å². The van der Waals surface area contributed by atoms with Gasteiger partial charge in [0.15, 0.2) is 0 Å². The van der Waals surface area contributed by atoms with Crippen LogP contribution in [0, 0.1) is 17.1 Å². The highest BCUT2D eigenvalue weighted by Crippen LogP contribution is 2.20. The third-order valence-electron chi connectivity index (χ3n) is 2.97. The number of nitriles is 1. The average Bonchev–Trinajstić information content (AvgIpc) is 2.54. The van der Waals surface area contributed by atoms with Gasteiger partial charge < -0.3 is 10.1 Å². The molecule has 0 unspecified atom stereocenters. The number of unbranched alkanes of at least 4 members (excludes halogenated alkanes) is 1. The number of benzene rings is 2. The molecule has 0 radical (unpaired) electrons. The normalized spacial score (nSPS) is 9.96. The Kier molecular flexibility index (Phi) is 5.95. The summed E-state index contributed by atoms with van der Waals surface area (Å²) in [5.41, 5.74) is 0.352. The number of carbonyl (C=O) groups is 1. The van der Waals surface area contributed by atoms with E-state index >= 15 is 0 Å². The van der Waals surface area contributed by atoms with Crippen LogP contribution in [0.25, 0.3) is 0 Å². The molecule has 2 aromatic carbocycles. The van der Waals surface area contributed by atoms with Crippen molar-refractivity contribution in [2.75, 3.05) is 11.9 Å². The Bertz CT molecular complexity index is 744. The fraction of sp³-hybridized carbons (Fsp3) is 0.176. The molecule has 23 heavy (non-hydrogen) atoms. The van der Waals surface area contributed by atoms with Crippen LogP contribution in [0.3, 0.4) is 0 Å². The summed E-state index contributed by atoms with van der Waals surface area (Å²) in [6.07, 6.45) is 1.05. The first kappa shape index (κ1) is 16.8. The van der Waals surface area contributed by atoms with Crippen molar-refractivity contribution in [3.8, 4) is 11.8 Å². The molecule has 0 saturated carbocycles. The second kappa shape index (κ2) is 8.16. The minimum Gasteiger partial charge on any atom is -0.493 e. The van der Waals surface area contributed by atoms with Crippen LogP contribution in [0.5, 0.6) is 5.75 Å². The minimum absolute atomic E-state index is 0.127. The number of nitrogens with zero attached hydrogens (tertiary/aromatic N) is 1. The summed E-state index contributed by atoms with van der Waals surface area (Å²) in [5, 5.41) is 11.3. The van der Waals surface area contributed by atoms with E-state index in [1.165, 1.54) is 12.1 Å². The molecule has 0 atom stereocenters. The molecule has 118 valence electrons. The lowest BCUT2D eigenvalue weighted by atomic mass is 10.2. The first-order valence-electron chi connectivity index (χ1n) is 6.96. The van der Waals surface area contributed by atoms with Gasteiger partial charge in [-0.3, -0.25) is 4.79 Å². The van der Waals surface area contributed by atoms with E-state index in [-0.39, 0.29) is 10.6 Å². The Balaban J connectivity index is 2.03. The smallest absolute Gasteiger partial charge is 0.258 e. The first-order chi connectivity index (χ1) is 11.1. The number of amides is 1. The second-order valence-corrected chi connectivity index (χ2v) is 5.15. The predicted octanol–water partition coefficient (Wildman–Crippen LogP) is 4.41. The van der Waals surface area contributed by atoms with Crippen LogP contribution in [0.2, 0.25) is 5.02 Å². The SMILES string of the molecule is N#CCCCOc1cccc(NC(=O)c2cc(Cl)ccc2F)c1. The number of nitrogens with one attached hydrogen (secondary N) is 1. The topological polar surface area (TPSA) is 62.1 Å². The van der Waals surface area contributed by atoms with E-state index in [4.69, 9.17) is 21.6 Å². The molecule has 1 N–H and O–H groups in total. The lowest BCUT2D eigenvalue weighted by molar-refractivity contribution is 0.102. The highest BCUT2D eigenvalue weighted by Gasteiger charge is 2.12. The predicted molar refractivity (Wildman–Crippen MR) is 86.1 cm³/mol. The van der Waals surface area contributed by atoms with Gasteiger partial charge in [0.05, 0.1) is 18.2 Å². The molecule has 0 aromatic heterocycles. The first-order valence-corrected chi connectivity index (χ1v) is 7.34. The zero-order valence-corrected chi connectivity index (χ0v) is 12.9. The van der Waals surface area contributed by atoms with Crippen LogP contribution in [0.15, 0.2) is 42.5 Å². The van der Waals surface area contributed by atoms with Gasteiger partial charge in [-0.2, -0.15) is 5.26 Å². The van der Waals surface area contributed by atoms with Crippen LogP contribution in [0.1, 0.15) is 23.2 Å². The van der Waals surface area contributed by atoms with Gasteiger partial charge in [-0.1, -0.05) is 17.7 Å². The van der Waals surface area contributed by atoms with Crippen molar-refractivity contribution in [1.29, 1.82) is 5.26 Å². The number of hydrogen-bond donors (Lipinski definition) is 1. The highest BCUT2D eigenvalue weighted by molar-refractivity contribution is 6.31. The second-order valence-electron chi connectivity index (χ2n) is 4.72. The summed E-state index contributed by atoms with van der Waals surface area (Å²) >= 11 is 5.78. The number of anilines is 1. The summed E-state index contributed by atoms with van der Waals surface area (Å²) in [6.45, 7) is 0.411. The third-order valence-corrected chi connectivity index (χ3v) is 3.20. The van der Waals surface area contributed by atoms with Crippen LogP contribution in [-0.4, -0.2) is 12.5 Å². The molecule has 0 aliphatic heterocycles. The summed E-state index contributed by atoms with van der Waals surface area (Å²) in [7, 11) is 0. The van der Waals surface area contributed by atoms with Gasteiger partial charge in [0.1, 0.15) is 11.6 Å². The molecule has 4 nitrogen and oxygen atoms in total. The Hall–Kier alpha value is -2.58. The van der Waals surface area contributed by atoms with Crippen molar-refractivity contribution in [3.05, 3.63) is 58.9 Å². The molecule has 6 heteroatoms. The number of rotatable bonds is 6. The molecule has 0 spiro atoms. The fourth-order valence-electron chi connectivity index (χ4n) is 1.87. The molecule has 0 saturated heterocycles. The van der Waals surface area contributed by atoms with E-state index in [0.717, 1.165) is 6.07 Å². The van der Waals surface area contributed by atoms with Gasteiger partial charge >= 0.3 is 0 Å². The molecule has 0 heterocycles. The van der Waals surface area contributed by atoms with E-state index in [9.17, 15) is 9.18 Å². The largest absolute Gasteiger partial charge is 0.493 e. The van der Waals surface area contributed by atoms with Gasteiger partial charge in [0.2, 0.25) is 0 Å². The summed E-state index contributed by atoms with van der Waals surface area (Å²) in [6, 6.07) is 12.6. The molecule has 1 amide bonds. The van der Waals surface area contributed by atoms with Crippen molar-refractivity contribution in [3.63, 3.8) is 0 Å². The summed E-state index contributed by atoms with van der Waals surface area (Å²) < 4.78 is 19.2. The quantitative estimate of drug-likeness (QED) is 0.797. The molecule has 0 fully saturated rings. The fourth-order valence-corrected chi connectivity index (χ4v) is 2.05. The third kappa shape index (κ3) is 4.97. The standard InChI is InChI=1S/C17H14ClFN2O2/c18-12-6-7-16(19)15(10-12)17(22)21-13-4-3-5-14(11-13)23-9-2-1-8-20/h3-7,10-11H,1-2,9H2,(H,21,22). The van der Waals surface area contributed by atoms with Crippen LogP contribution < -0.4 is 10.1 Å². The van der Waals surface area contributed by atoms with Crippen LogP contribution in [-0.2, 0) is 0 Å². The maximum atomic E-state index is 13.7. The van der Waals surface area contributed by atoms with Gasteiger partial charge in [0.25, 0.3) is 5.91 Å². The highest BCUT2D eigenvalue weighted by atomic mass is 35.5. The zero-order chi connectivity index (χ0) is 16.7. The lowest BCUT2D eigenvalue weighted by Gasteiger charge is -2.09. The maximum absolute atomic E-state index is 13.7. The number of carbonyl (C=O) groups excluding carboxylic acids is 1. The molecule has 2 rings (SSSR count). The number of hydrogen-bond acceptors (Lipinski definition) is 3. The number of ether oxygens (including phenoxy) is 1. The van der Waals surface area contributed by atoms with Gasteiger partial charge in [0, 0.05) is 23.2 Å². The van der Waals surface area contributed by atoms with Crippen molar-refractivity contribution in [1.82, 2.24) is 0 Å². The van der Waals surface area contributed by atoms with Crippen LogP contribution in [0.4, 0.5) is 10.1 Å². The molecule has 2 aromatic rings. The Morgan fingerprint density at radius 1 is 1.30 bits per heavy atom. The molecular formula is C17H14ClFN2O2. The van der Waals surface area contributed by atoms with Gasteiger partial charge in [-0.15, -0.1) is 0 Å². The van der Waals surface area contributed by atoms with Crippen molar-refractivity contribution < 1.29 is 13.9 Å². The Morgan fingerprint density at radius 2 is 2.13 bits per heavy atom. The summed E-state index contributed by atoms with van der Waals surface area (Å²) in [5.74, 6) is -0.672. The van der Waals surface area contributed by atoms with Crippen molar-refractivity contribution >= 4 is 23.2 Å². The zero-order valence-electron chi connectivity index (χ0n) is 12.2. The van der Waals surface area contributed by atoms with E-state index in [0.29, 0.717) is 30.9 Å². The van der Waals surface area contributed by atoms with Gasteiger partial charge in [-0.05, 0) is 36.8 Å².